The van der Waals surface area contributed by atoms with E-state index >= 15 is 0 Å². The van der Waals surface area contributed by atoms with Crippen LogP contribution in [0.5, 0.6) is 0 Å². The van der Waals surface area contributed by atoms with Gasteiger partial charge in [0.05, 0.1) is 28.7 Å². The van der Waals surface area contributed by atoms with Gasteiger partial charge in [0.15, 0.2) is 0 Å². The third-order valence-electron chi connectivity index (χ3n) is 2.47. The number of pyridine rings is 1. The van der Waals surface area contributed by atoms with Gasteiger partial charge in [0, 0.05) is 18.9 Å². The SMILES string of the molecule is Cn1c(C(N)CO)cc2ncc(Cl)cc21. The minimum Gasteiger partial charge on any atom is -0.394 e. The predicted octanol–water partition coefficient (Wildman–Crippen LogP) is 1.22. The Morgan fingerprint density at radius 3 is 3.00 bits per heavy atom. The van der Waals surface area contributed by atoms with Crippen molar-refractivity contribution in [2.75, 3.05) is 6.61 Å². The summed E-state index contributed by atoms with van der Waals surface area (Å²) in [6.45, 7) is -0.0854. The Hall–Kier alpha value is -1.10. The first-order chi connectivity index (χ1) is 7.13. The van der Waals surface area contributed by atoms with Gasteiger partial charge in [-0.15, -0.1) is 0 Å². The molecule has 2 aromatic heterocycles. The number of aromatic nitrogens is 2. The second kappa shape index (κ2) is 3.81. The number of rotatable bonds is 2. The first-order valence-electron chi connectivity index (χ1n) is 4.61. The highest BCUT2D eigenvalue weighted by Crippen LogP contribution is 2.22. The molecule has 0 aromatic carbocycles. The number of nitrogens with zero attached hydrogens (tertiary/aromatic N) is 2. The van der Waals surface area contributed by atoms with Crippen LogP contribution in [-0.2, 0) is 7.05 Å². The van der Waals surface area contributed by atoms with Gasteiger partial charge in [0.1, 0.15) is 0 Å². The van der Waals surface area contributed by atoms with Crippen LogP contribution in [0.2, 0.25) is 5.02 Å². The molecule has 5 heteroatoms. The number of aliphatic hydroxyl groups is 1. The van der Waals surface area contributed by atoms with Crippen LogP contribution in [0.25, 0.3) is 11.0 Å². The molecular weight excluding hydrogens is 214 g/mol. The molecule has 0 fully saturated rings. The van der Waals surface area contributed by atoms with Crippen molar-refractivity contribution in [1.82, 2.24) is 9.55 Å². The maximum atomic E-state index is 9.01. The normalized spacial score (nSPS) is 13.3. The van der Waals surface area contributed by atoms with Crippen molar-refractivity contribution in [1.29, 1.82) is 0 Å². The van der Waals surface area contributed by atoms with E-state index < -0.39 is 0 Å². The lowest BCUT2D eigenvalue weighted by Gasteiger charge is -2.09. The smallest absolute Gasteiger partial charge is 0.0885 e. The fourth-order valence-corrected chi connectivity index (χ4v) is 1.80. The zero-order valence-electron chi connectivity index (χ0n) is 8.31. The molecule has 15 heavy (non-hydrogen) atoms. The lowest BCUT2D eigenvalue weighted by Crippen LogP contribution is -2.17. The van der Waals surface area contributed by atoms with Crippen molar-refractivity contribution in [3.63, 3.8) is 0 Å². The van der Waals surface area contributed by atoms with E-state index in [2.05, 4.69) is 4.98 Å². The number of nitrogens with two attached hydrogens (primary N) is 1. The van der Waals surface area contributed by atoms with Crippen molar-refractivity contribution in [3.05, 3.63) is 29.0 Å². The summed E-state index contributed by atoms with van der Waals surface area (Å²) in [4.78, 5) is 4.19. The number of aryl methyl sites for hydroxylation is 1. The van der Waals surface area contributed by atoms with E-state index in [9.17, 15) is 0 Å². The molecule has 1 atom stereocenters. The maximum Gasteiger partial charge on any atom is 0.0885 e. The van der Waals surface area contributed by atoms with Crippen LogP contribution in [0.4, 0.5) is 0 Å². The van der Waals surface area contributed by atoms with E-state index in [1.54, 1.807) is 6.20 Å². The van der Waals surface area contributed by atoms with Crippen molar-refractivity contribution < 1.29 is 5.11 Å². The molecule has 0 spiro atoms. The second-order valence-corrected chi connectivity index (χ2v) is 3.91. The van der Waals surface area contributed by atoms with Gasteiger partial charge in [-0.25, -0.2) is 0 Å². The Bertz CT molecular complexity index is 495. The molecule has 0 radical (unpaired) electrons. The Balaban J connectivity index is 2.64. The van der Waals surface area contributed by atoms with Gasteiger partial charge in [-0.3, -0.25) is 4.98 Å². The monoisotopic (exact) mass is 225 g/mol. The highest BCUT2D eigenvalue weighted by molar-refractivity contribution is 6.31. The Morgan fingerprint density at radius 2 is 2.33 bits per heavy atom. The van der Waals surface area contributed by atoms with Crippen LogP contribution in [0.3, 0.4) is 0 Å². The highest BCUT2D eigenvalue weighted by atomic mass is 35.5. The van der Waals surface area contributed by atoms with E-state index in [0.29, 0.717) is 5.02 Å². The van der Waals surface area contributed by atoms with Gasteiger partial charge in [-0.05, 0) is 12.1 Å². The molecule has 80 valence electrons. The molecule has 1 unspecified atom stereocenters. The first-order valence-corrected chi connectivity index (χ1v) is 4.98. The molecule has 0 amide bonds. The van der Waals surface area contributed by atoms with E-state index in [-0.39, 0.29) is 12.6 Å². The Morgan fingerprint density at radius 1 is 1.60 bits per heavy atom. The van der Waals surface area contributed by atoms with E-state index in [1.165, 1.54) is 0 Å². The van der Waals surface area contributed by atoms with Gasteiger partial charge in [-0.1, -0.05) is 11.6 Å². The largest absolute Gasteiger partial charge is 0.394 e. The summed E-state index contributed by atoms with van der Waals surface area (Å²) in [6, 6.07) is 3.31. The van der Waals surface area contributed by atoms with Crippen molar-refractivity contribution in [2.24, 2.45) is 12.8 Å². The van der Waals surface area contributed by atoms with Crippen LogP contribution in [-0.4, -0.2) is 21.3 Å². The van der Waals surface area contributed by atoms with Crippen molar-refractivity contribution in [3.8, 4) is 0 Å². The molecule has 0 saturated heterocycles. The Labute approximate surface area is 92.3 Å². The van der Waals surface area contributed by atoms with E-state index in [0.717, 1.165) is 16.7 Å². The third kappa shape index (κ3) is 1.71. The molecule has 2 aromatic rings. The highest BCUT2D eigenvalue weighted by Gasteiger charge is 2.12. The summed E-state index contributed by atoms with van der Waals surface area (Å²) < 4.78 is 1.90. The summed E-state index contributed by atoms with van der Waals surface area (Å²) in [7, 11) is 1.88. The molecule has 3 N–H and O–H groups in total. The van der Waals surface area contributed by atoms with Crippen LogP contribution >= 0.6 is 11.6 Å². The van der Waals surface area contributed by atoms with Gasteiger partial charge < -0.3 is 15.4 Å². The summed E-state index contributed by atoms with van der Waals surface area (Å²) in [5.41, 5.74) is 8.37. The summed E-state index contributed by atoms with van der Waals surface area (Å²) in [5, 5.41) is 9.60. The topological polar surface area (TPSA) is 64.1 Å². The molecule has 0 aliphatic heterocycles. The lowest BCUT2D eigenvalue weighted by molar-refractivity contribution is 0.264. The van der Waals surface area contributed by atoms with Crippen LogP contribution in [0.1, 0.15) is 11.7 Å². The molecule has 4 nitrogen and oxygen atoms in total. The van der Waals surface area contributed by atoms with Crippen molar-refractivity contribution in [2.45, 2.75) is 6.04 Å². The second-order valence-electron chi connectivity index (χ2n) is 3.48. The minimum absolute atomic E-state index is 0.0854. The van der Waals surface area contributed by atoms with Gasteiger partial charge in [0.2, 0.25) is 0 Å². The third-order valence-corrected chi connectivity index (χ3v) is 2.68. The quantitative estimate of drug-likeness (QED) is 0.808. The molecule has 0 aliphatic carbocycles. The maximum absolute atomic E-state index is 9.01. The number of halogens is 1. The average molecular weight is 226 g/mol. The number of hydrogen-bond donors (Lipinski definition) is 2. The molecule has 2 heterocycles. The number of aliphatic hydroxyl groups excluding tert-OH is 1. The molecule has 0 saturated carbocycles. The molecule has 0 bridgehead atoms. The minimum atomic E-state index is -0.386. The summed E-state index contributed by atoms with van der Waals surface area (Å²) in [5.74, 6) is 0. The standard InChI is InChI=1S/C10H12ClN3O/c1-14-9(7(12)5-15)3-8-10(14)2-6(11)4-13-8/h2-4,7,15H,5,12H2,1H3. The predicted molar refractivity (Wildman–Crippen MR) is 59.7 cm³/mol. The van der Waals surface area contributed by atoms with Gasteiger partial charge in [-0.2, -0.15) is 0 Å². The van der Waals surface area contributed by atoms with Crippen LogP contribution in [0, 0.1) is 0 Å². The van der Waals surface area contributed by atoms with E-state index in [1.807, 2.05) is 23.7 Å². The molecular formula is C10H12ClN3O. The van der Waals surface area contributed by atoms with Crippen molar-refractivity contribution >= 4 is 22.6 Å². The molecule has 0 aliphatic rings. The Kier molecular flexibility index (Phi) is 2.65. The fraction of sp³-hybridized carbons (Fsp3) is 0.300. The molecule has 2 rings (SSSR count). The lowest BCUT2D eigenvalue weighted by atomic mass is 10.2. The zero-order chi connectivity index (χ0) is 11.0. The first kappa shape index (κ1) is 10.4. The van der Waals surface area contributed by atoms with Crippen LogP contribution < -0.4 is 5.73 Å². The summed E-state index contributed by atoms with van der Waals surface area (Å²) in [6.07, 6.45) is 1.60. The summed E-state index contributed by atoms with van der Waals surface area (Å²) >= 11 is 5.86. The van der Waals surface area contributed by atoms with Gasteiger partial charge in [0.25, 0.3) is 0 Å². The number of fused-ring (bicyclic) bond motifs is 1. The van der Waals surface area contributed by atoms with E-state index in [4.69, 9.17) is 22.4 Å². The fourth-order valence-electron chi connectivity index (χ4n) is 1.64. The zero-order valence-corrected chi connectivity index (χ0v) is 9.07. The van der Waals surface area contributed by atoms with Crippen LogP contribution in [0.15, 0.2) is 18.3 Å². The average Bonchev–Trinajstić information content (AvgIpc) is 2.55. The number of hydrogen-bond acceptors (Lipinski definition) is 3. The van der Waals surface area contributed by atoms with Gasteiger partial charge >= 0.3 is 0 Å².